The zero-order valence-electron chi connectivity index (χ0n) is 25.4. The van der Waals surface area contributed by atoms with Crippen molar-refractivity contribution in [3.05, 3.63) is 115 Å². The number of aromatic nitrogens is 2. The first-order valence-electron chi connectivity index (χ1n) is 14.2. The Morgan fingerprint density at radius 1 is 0.652 bits per heavy atom. The molecule has 0 saturated heterocycles. The van der Waals surface area contributed by atoms with E-state index in [4.69, 9.17) is 9.47 Å². The van der Waals surface area contributed by atoms with Crippen molar-refractivity contribution >= 4 is 45.3 Å². The van der Waals surface area contributed by atoms with Crippen molar-refractivity contribution in [2.45, 2.75) is 24.7 Å². The van der Waals surface area contributed by atoms with Gasteiger partial charge in [-0.3, -0.25) is 28.8 Å². The van der Waals surface area contributed by atoms with E-state index >= 15 is 0 Å². The van der Waals surface area contributed by atoms with Crippen LogP contribution in [0.1, 0.15) is 35.8 Å². The molecular formula is C34H30N2O10. The van der Waals surface area contributed by atoms with Gasteiger partial charge in [0.1, 0.15) is 0 Å². The van der Waals surface area contributed by atoms with Gasteiger partial charge in [0.2, 0.25) is 11.6 Å². The fourth-order valence-corrected chi connectivity index (χ4v) is 5.99. The Labute approximate surface area is 261 Å². The van der Waals surface area contributed by atoms with E-state index in [0.717, 1.165) is 14.2 Å². The molecule has 2 heterocycles. The third-order valence-corrected chi connectivity index (χ3v) is 8.40. The number of fused-ring (bicyclic) bond motifs is 2. The van der Waals surface area contributed by atoms with Crippen molar-refractivity contribution in [2.75, 3.05) is 14.2 Å². The lowest BCUT2D eigenvalue weighted by atomic mass is 9.76. The van der Waals surface area contributed by atoms with E-state index in [0.29, 0.717) is 21.8 Å². The number of carbonyl (C=O) groups excluding carboxylic acids is 4. The van der Waals surface area contributed by atoms with Gasteiger partial charge in [-0.1, -0.05) is 36.4 Å². The summed E-state index contributed by atoms with van der Waals surface area (Å²) in [7, 11) is 5.17. The maximum atomic E-state index is 14.0. The molecule has 0 spiro atoms. The lowest BCUT2D eigenvalue weighted by Gasteiger charge is -2.27. The minimum atomic E-state index is -1.51. The summed E-state index contributed by atoms with van der Waals surface area (Å²) < 4.78 is 12.2. The van der Waals surface area contributed by atoms with Crippen LogP contribution in [0.15, 0.2) is 92.9 Å². The molecule has 46 heavy (non-hydrogen) atoms. The zero-order valence-corrected chi connectivity index (χ0v) is 25.4. The van der Waals surface area contributed by atoms with Gasteiger partial charge in [0.25, 0.3) is 11.1 Å². The Kier molecular flexibility index (Phi) is 8.47. The highest BCUT2D eigenvalue weighted by Gasteiger charge is 2.44. The van der Waals surface area contributed by atoms with Crippen LogP contribution in [0.3, 0.4) is 0 Å². The molecule has 2 aromatic heterocycles. The number of aryl methyl sites for hydroxylation is 2. The molecule has 0 amide bonds. The quantitative estimate of drug-likeness (QED) is 0.219. The molecule has 2 N–H and O–H groups in total. The molecule has 0 radical (unpaired) electrons. The second kappa shape index (κ2) is 12.3. The first-order chi connectivity index (χ1) is 21.9. The first-order valence-corrected chi connectivity index (χ1v) is 14.2. The normalized spacial score (nSPS) is 15.0. The fraction of sp³-hybridized carbons (Fsp3) is 0.235. The minimum Gasteiger partial charge on any atom is -0.504 e. The monoisotopic (exact) mass is 626 g/mol. The van der Waals surface area contributed by atoms with E-state index < -0.39 is 82.0 Å². The highest BCUT2D eigenvalue weighted by Crippen LogP contribution is 2.40. The van der Waals surface area contributed by atoms with E-state index in [-0.39, 0.29) is 11.1 Å². The number of esters is 2. The fourth-order valence-electron chi connectivity index (χ4n) is 5.99. The second-order valence-corrected chi connectivity index (χ2v) is 10.9. The molecule has 0 fully saturated rings. The number of carbonyl (C=O) groups is 4. The van der Waals surface area contributed by atoms with Gasteiger partial charge in [-0.05, 0) is 35.0 Å². The van der Waals surface area contributed by atoms with E-state index in [1.807, 2.05) is 0 Å². The number of hydrogen-bond donors (Lipinski definition) is 2. The SMILES string of the molecule is COC(=O)C[C@H](C1=C(O)C(=O)C([C@H](CC(=O)OC)c2cc3ccccc3n(C)c2=O)=C(O)C1=O)c1cc2ccccc2n(C)c1=O. The predicted molar refractivity (Wildman–Crippen MR) is 166 cm³/mol. The molecule has 0 aliphatic heterocycles. The number of hydrogen-bond acceptors (Lipinski definition) is 10. The Morgan fingerprint density at radius 3 is 1.35 bits per heavy atom. The average molecular weight is 627 g/mol. The topological polar surface area (TPSA) is 171 Å². The highest BCUT2D eigenvalue weighted by molar-refractivity contribution is 6.24. The number of nitrogens with zero attached hydrogens (tertiary/aromatic N) is 2. The number of allylic oxidation sites excluding steroid dienone is 2. The van der Waals surface area contributed by atoms with Gasteiger partial charge in [-0.25, -0.2) is 0 Å². The van der Waals surface area contributed by atoms with E-state index in [2.05, 4.69) is 0 Å². The average Bonchev–Trinajstić information content (AvgIpc) is 3.06. The molecular weight excluding hydrogens is 596 g/mol. The lowest BCUT2D eigenvalue weighted by molar-refractivity contribution is -0.142. The molecule has 12 nitrogen and oxygen atoms in total. The number of para-hydroxylation sites is 2. The van der Waals surface area contributed by atoms with Crippen molar-refractivity contribution in [2.24, 2.45) is 14.1 Å². The molecule has 1 aliphatic carbocycles. The molecule has 236 valence electrons. The maximum absolute atomic E-state index is 14.0. The maximum Gasteiger partial charge on any atom is 0.306 e. The summed E-state index contributed by atoms with van der Waals surface area (Å²) >= 11 is 0. The Morgan fingerprint density at radius 2 is 1.00 bits per heavy atom. The lowest BCUT2D eigenvalue weighted by Crippen LogP contribution is -2.35. The smallest absolute Gasteiger partial charge is 0.306 e. The zero-order chi connectivity index (χ0) is 33.4. The van der Waals surface area contributed by atoms with Gasteiger partial charge in [0.05, 0.1) is 49.2 Å². The summed E-state index contributed by atoms with van der Waals surface area (Å²) in [6.45, 7) is 0. The Balaban J connectivity index is 1.72. The Hall–Kier alpha value is -5.78. The largest absolute Gasteiger partial charge is 0.504 e. The van der Waals surface area contributed by atoms with Gasteiger partial charge >= 0.3 is 11.9 Å². The molecule has 4 aromatic rings. The van der Waals surface area contributed by atoms with E-state index in [1.165, 1.54) is 35.4 Å². The third kappa shape index (κ3) is 5.27. The second-order valence-electron chi connectivity index (χ2n) is 10.9. The summed E-state index contributed by atoms with van der Waals surface area (Å²) in [6, 6.07) is 16.6. The van der Waals surface area contributed by atoms with Gasteiger partial charge < -0.3 is 28.8 Å². The van der Waals surface area contributed by atoms with Crippen LogP contribution >= 0.6 is 0 Å². The molecule has 0 unspecified atom stereocenters. The van der Waals surface area contributed by atoms with Crippen molar-refractivity contribution in [3.63, 3.8) is 0 Å². The van der Waals surface area contributed by atoms with Crippen molar-refractivity contribution in [3.8, 4) is 0 Å². The summed E-state index contributed by atoms with van der Waals surface area (Å²) in [5.74, 6) is -9.56. The van der Waals surface area contributed by atoms with Gasteiger partial charge in [-0.15, -0.1) is 0 Å². The Bertz CT molecular complexity index is 2000. The number of ketones is 2. The molecule has 1 aliphatic rings. The molecule has 5 rings (SSSR count). The van der Waals surface area contributed by atoms with Crippen LogP contribution < -0.4 is 11.1 Å². The molecule has 12 heteroatoms. The van der Waals surface area contributed by atoms with Crippen LogP contribution in [-0.2, 0) is 42.7 Å². The van der Waals surface area contributed by atoms with Crippen molar-refractivity contribution in [1.82, 2.24) is 9.13 Å². The number of aliphatic hydroxyl groups is 2. The van der Waals surface area contributed by atoms with E-state index in [9.17, 15) is 39.0 Å². The molecule has 0 saturated carbocycles. The van der Waals surface area contributed by atoms with Crippen LogP contribution in [0.2, 0.25) is 0 Å². The molecule has 0 bridgehead atoms. The summed E-state index contributed by atoms with van der Waals surface area (Å²) in [5.41, 5.74) is -1.77. The van der Waals surface area contributed by atoms with Crippen LogP contribution in [0.5, 0.6) is 0 Å². The number of methoxy groups -OCH3 is 2. The van der Waals surface area contributed by atoms with Crippen molar-refractivity contribution in [1.29, 1.82) is 0 Å². The van der Waals surface area contributed by atoms with E-state index in [1.54, 1.807) is 48.5 Å². The van der Waals surface area contributed by atoms with Gasteiger partial charge in [0, 0.05) is 37.1 Å². The number of Topliss-reactive ketones (excluding diaryl/α,β-unsaturated/α-hetero) is 2. The van der Waals surface area contributed by atoms with Crippen LogP contribution in [-0.4, -0.2) is 57.1 Å². The number of aliphatic hydroxyl groups excluding tert-OH is 2. The van der Waals surface area contributed by atoms with Gasteiger partial charge in [-0.2, -0.15) is 0 Å². The summed E-state index contributed by atoms with van der Waals surface area (Å²) in [6.07, 6.45) is -1.27. The molecule has 2 aromatic carbocycles. The van der Waals surface area contributed by atoms with Crippen molar-refractivity contribution < 1.29 is 38.9 Å². The predicted octanol–water partition coefficient (Wildman–Crippen LogP) is 3.16. The summed E-state index contributed by atoms with van der Waals surface area (Å²) in [5, 5.41) is 23.9. The standard InChI is InChI=1S/C34H30N2O10/c1-35-23-11-7-5-9-17(23)13-21(33(35)43)19(15-25(37)45-3)27-29(39)31(41)28(32(42)30(27)40)20(16-26(38)46-4)22-14-18-10-6-8-12-24(18)36(2)34(22)44/h5-14,19-20,39,42H,15-16H2,1-4H3/t19-,20+. The third-order valence-electron chi connectivity index (χ3n) is 8.40. The van der Waals surface area contributed by atoms with Crippen LogP contribution in [0.4, 0.5) is 0 Å². The number of benzene rings is 2. The summed E-state index contributed by atoms with van der Waals surface area (Å²) in [4.78, 5) is 80.1. The van der Waals surface area contributed by atoms with Crippen LogP contribution in [0, 0.1) is 0 Å². The highest BCUT2D eigenvalue weighted by atomic mass is 16.5. The number of rotatable bonds is 8. The van der Waals surface area contributed by atoms with Gasteiger partial charge in [0.15, 0.2) is 11.5 Å². The minimum absolute atomic E-state index is 0.111. The molecule has 2 atom stereocenters. The van der Waals surface area contributed by atoms with Crippen LogP contribution in [0.25, 0.3) is 21.8 Å². The number of ether oxygens (including phenoxy) is 2. The number of pyridine rings is 2. The first kappa shape index (κ1) is 31.6.